The number of ether oxygens (including phenoxy) is 1. The van der Waals surface area contributed by atoms with Crippen LogP contribution in [0.25, 0.3) is 0 Å². The van der Waals surface area contributed by atoms with Crippen LogP contribution in [0.15, 0.2) is 30.3 Å². The molecule has 0 fully saturated rings. The molecule has 0 aliphatic carbocycles. The van der Waals surface area contributed by atoms with Crippen LogP contribution in [0.4, 0.5) is 0 Å². The van der Waals surface area contributed by atoms with E-state index in [1.807, 2.05) is 30.3 Å². The highest BCUT2D eigenvalue weighted by molar-refractivity contribution is 5.79. The molecule has 1 amide bonds. The number of rotatable bonds is 6. The summed E-state index contributed by atoms with van der Waals surface area (Å²) in [6.07, 6.45) is 0.532. The van der Waals surface area contributed by atoms with Crippen LogP contribution in [-0.4, -0.2) is 37.0 Å². The molecule has 0 aliphatic heterocycles. The van der Waals surface area contributed by atoms with Gasteiger partial charge in [-0.05, 0) is 12.0 Å². The molecular weight excluding hydrogens is 244 g/mol. The van der Waals surface area contributed by atoms with Gasteiger partial charge in [-0.15, -0.1) is 0 Å². The molecule has 2 N–H and O–H groups in total. The molecule has 0 radical (unpaired) electrons. The Hall–Kier alpha value is -1.88. The van der Waals surface area contributed by atoms with E-state index in [-0.39, 0.29) is 12.3 Å². The van der Waals surface area contributed by atoms with E-state index in [4.69, 9.17) is 5.73 Å². The van der Waals surface area contributed by atoms with Gasteiger partial charge in [-0.3, -0.25) is 9.59 Å². The molecule has 0 unspecified atom stereocenters. The van der Waals surface area contributed by atoms with Gasteiger partial charge in [0.1, 0.15) is 6.04 Å². The average Bonchev–Trinajstić information content (AvgIpc) is 2.44. The number of nitrogens with two attached hydrogens (primary N) is 1. The third kappa shape index (κ3) is 5.09. The van der Waals surface area contributed by atoms with Crippen LogP contribution in [0.1, 0.15) is 18.4 Å². The molecule has 1 atom stereocenters. The Bertz CT molecular complexity index is 420. The predicted octanol–water partition coefficient (Wildman–Crippen LogP) is 0.925. The minimum atomic E-state index is -0.737. The number of methoxy groups -OCH3 is 1. The fourth-order valence-electron chi connectivity index (χ4n) is 1.68. The predicted molar refractivity (Wildman–Crippen MR) is 72.1 cm³/mol. The molecule has 19 heavy (non-hydrogen) atoms. The highest BCUT2D eigenvalue weighted by Gasteiger charge is 2.17. The van der Waals surface area contributed by atoms with E-state index in [0.717, 1.165) is 5.56 Å². The normalized spacial score (nSPS) is 11.7. The van der Waals surface area contributed by atoms with Crippen molar-refractivity contribution < 1.29 is 14.3 Å². The summed E-state index contributed by atoms with van der Waals surface area (Å²) in [6.45, 7) is 0.549. The Morgan fingerprint density at radius 2 is 1.95 bits per heavy atom. The number of carbonyl (C=O) groups is 2. The van der Waals surface area contributed by atoms with Crippen molar-refractivity contribution in [2.75, 3.05) is 14.2 Å². The first-order chi connectivity index (χ1) is 9.04. The lowest BCUT2D eigenvalue weighted by atomic mass is 10.1. The van der Waals surface area contributed by atoms with Gasteiger partial charge in [-0.2, -0.15) is 0 Å². The van der Waals surface area contributed by atoms with Crippen LogP contribution >= 0.6 is 0 Å². The van der Waals surface area contributed by atoms with E-state index in [9.17, 15) is 9.59 Å². The monoisotopic (exact) mass is 264 g/mol. The first-order valence-corrected chi connectivity index (χ1v) is 6.16. The van der Waals surface area contributed by atoms with Gasteiger partial charge in [0.05, 0.1) is 7.11 Å². The van der Waals surface area contributed by atoms with E-state index in [0.29, 0.717) is 13.0 Å². The van der Waals surface area contributed by atoms with Gasteiger partial charge in [-0.25, -0.2) is 0 Å². The summed E-state index contributed by atoms with van der Waals surface area (Å²) < 4.78 is 4.51. The van der Waals surface area contributed by atoms with Crippen molar-refractivity contribution in [3.8, 4) is 0 Å². The molecular formula is C14H20N2O3. The van der Waals surface area contributed by atoms with E-state index < -0.39 is 12.0 Å². The fraction of sp³-hybridized carbons (Fsp3) is 0.429. The van der Waals surface area contributed by atoms with Gasteiger partial charge < -0.3 is 15.4 Å². The molecule has 0 aromatic heterocycles. The van der Waals surface area contributed by atoms with E-state index in [1.165, 1.54) is 7.11 Å². The topological polar surface area (TPSA) is 72.6 Å². The zero-order valence-corrected chi connectivity index (χ0v) is 11.3. The summed E-state index contributed by atoms with van der Waals surface area (Å²) in [5.41, 5.74) is 6.65. The second-order valence-electron chi connectivity index (χ2n) is 4.40. The van der Waals surface area contributed by atoms with Gasteiger partial charge in [0.2, 0.25) is 5.91 Å². The lowest BCUT2D eigenvalue weighted by Crippen LogP contribution is -2.34. The van der Waals surface area contributed by atoms with Crippen LogP contribution in [0.3, 0.4) is 0 Å². The highest BCUT2D eigenvalue weighted by Crippen LogP contribution is 2.06. The van der Waals surface area contributed by atoms with Gasteiger partial charge in [0.15, 0.2) is 0 Å². The zero-order valence-electron chi connectivity index (χ0n) is 11.3. The van der Waals surface area contributed by atoms with Crippen LogP contribution in [0.2, 0.25) is 0 Å². The summed E-state index contributed by atoms with van der Waals surface area (Å²) in [6, 6.07) is 8.98. The summed E-state index contributed by atoms with van der Waals surface area (Å²) in [7, 11) is 3.02. The first-order valence-electron chi connectivity index (χ1n) is 6.16. The molecule has 0 heterocycles. The first kappa shape index (κ1) is 15.2. The number of nitrogens with zero attached hydrogens (tertiary/aromatic N) is 1. The largest absolute Gasteiger partial charge is 0.468 e. The molecule has 5 heteroatoms. The minimum absolute atomic E-state index is 0.0387. The Balaban J connectivity index is 2.39. The maximum atomic E-state index is 11.9. The average molecular weight is 264 g/mol. The molecule has 104 valence electrons. The molecule has 0 aliphatic rings. The minimum Gasteiger partial charge on any atom is -0.468 e. The van der Waals surface area contributed by atoms with Gasteiger partial charge in [-0.1, -0.05) is 30.3 Å². The van der Waals surface area contributed by atoms with Crippen molar-refractivity contribution in [1.82, 2.24) is 4.90 Å². The molecule has 1 aromatic rings. The molecule has 1 rings (SSSR count). The second-order valence-corrected chi connectivity index (χ2v) is 4.40. The molecule has 0 saturated carbocycles. The fourth-order valence-corrected chi connectivity index (χ4v) is 1.68. The number of benzene rings is 1. The lowest BCUT2D eigenvalue weighted by Gasteiger charge is -2.18. The second kappa shape index (κ2) is 7.53. The van der Waals surface area contributed by atoms with Crippen LogP contribution in [-0.2, 0) is 20.9 Å². The molecule has 0 spiro atoms. The standard InChI is InChI=1S/C14H20N2O3/c1-16(10-11-6-4-3-5-7-11)13(17)9-8-12(15)14(18)19-2/h3-7,12H,8-10,15H2,1-2H3/t12-/m0/s1. The van der Waals surface area contributed by atoms with Gasteiger partial charge >= 0.3 is 5.97 Å². The molecule has 0 saturated heterocycles. The van der Waals surface area contributed by atoms with Crippen molar-refractivity contribution in [3.63, 3.8) is 0 Å². The van der Waals surface area contributed by atoms with Gasteiger partial charge in [0, 0.05) is 20.0 Å². The van der Waals surface area contributed by atoms with E-state index in [2.05, 4.69) is 4.74 Å². The Morgan fingerprint density at radius 3 is 2.53 bits per heavy atom. The zero-order chi connectivity index (χ0) is 14.3. The Kier molecular flexibility index (Phi) is 6.02. The summed E-state index contributed by atoms with van der Waals surface area (Å²) in [5, 5.41) is 0. The maximum absolute atomic E-state index is 11.9. The third-order valence-corrected chi connectivity index (χ3v) is 2.86. The SMILES string of the molecule is COC(=O)[C@@H](N)CCC(=O)N(C)Cc1ccccc1. The van der Waals surface area contributed by atoms with Crippen LogP contribution in [0, 0.1) is 0 Å². The Labute approximate surface area is 113 Å². The molecule has 0 bridgehead atoms. The molecule has 1 aromatic carbocycles. The van der Waals surface area contributed by atoms with Crippen molar-refractivity contribution in [2.24, 2.45) is 5.73 Å². The lowest BCUT2D eigenvalue weighted by molar-refractivity contribution is -0.142. The van der Waals surface area contributed by atoms with Crippen molar-refractivity contribution in [2.45, 2.75) is 25.4 Å². The van der Waals surface area contributed by atoms with Gasteiger partial charge in [0.25, 0.3) is 0 Å². The van der Waals surface area contributed by atoms with E-state index in [1.54, 1.807) is 11.9 Å². The van der Waals surface area contributed by atoms with E-state index >= 15 is 0 Å². The molecule has 5 nitrogen and oxygen atoms in total. The number of hydrogen-bond acceptors (Lipinski definition) is 4. The number of carbonyl (C=O) groups excluding carboxylic acids is 2. The third-order valence-electron chi connectivity index (χ3n) is 2.86. The summed E-state index contributed by atoms with van der Waals surface area (Å²) in [5.74, 6) is -0.526. The maximum Gasteiger partial charge on any atom is 0.322 e. The Morgan fingerprint density at radius 1 is 1.32 bits per heavy atom. The van der Waals surface area contributed by atoms with Crippen molar-refractivity contribution in [3.05, 3.63) is 35.9 Å². The smallest absolute Gasteiger partial charge is 0.322 e. The van der Waals surface area contributed by atoms with Crippen LogP contribution in [0.5, 0.6) is 0 Å². The van der Waals surface area contributed by atoms with Crippen LogP contribution < -0.4 is 5.73 Å². The summed E-state index contributed by atoms with van der Waals surface area (Å²) >= 11 is 0. The van der Waals surface area contributed by atoms with Crippen molar-refractivity contribution >= 4 is 11.9 Å². The number of esters is 1. The summed E-state index contributed by atoms with van der Waals surface area (Å²) in [4.78, 5) is 24.6. The highest BCUT2D eigenvalue weighted by atomic mass is 16.5. The number of amides is 1. The number of hydrogen-bond donors (Lipinski definition) is 1. The van der Waals surface area contributed by atoms with Crippen molar-refractivity contribution in [1.29, 1.82) is 0 Å². The quantitative estimate of drug-likeness (QED) is 0.776.